The number of nitrogens with zero attached hydrogens (tertiary/aromatic N) is 1. The summed E-state index contributed by atoms with van der Waals surface area (Å²) >= 11 is 0. The molecule has 92 valence electrons. The Kier molecular flexibility index (Phi) is 2.64. The van der Waals surface area contributed by atoms with E-state index in [-0.39, 0.29) is 17.4 Å². The summed E-state index contributed by atoms with van der Waals surface area (Å²) in [5, 5.41) is 0. The molecule has 0 saturated heterocycles. The van der Waals surface area contributed by atoms with E-state index in [1.54, 1.807) is 0 Å². The van der Waals surface area contributed by atoms with E-state index in [0.29, 0.717) is 0 Å². The molecule has 0 bridgehead atoms. The lowest BCUT2D eigenvalue weighted by molar-refractivity contribution is -0.126. The minimum atomic E-state index is -0.350. The van der Waals surface area contributed by atoms with Crippen LogP contribution in [0.3, 0.4) is 0 Å². The van der Waals surface area contributed by atoms with E-state index >= 15 is 0 Å². The van der Waals surface area contributed by atoms with Crippen LogP contribution in [0, 0.1) is 5.41 Å². The summed E-state index contributed by atoms with van der Waals surface area (Å²) in [5.74, 6) is 0.175. The highest BCUT2D eigenvalue weighted by molar-refractivity contribution is 5.99. The number of rotatable bonds is 0. The van der Waals surface area contributed by atoms with Crippen LogP contribution in [0.15, 0.2) is 18.2 Å². The summed E-state index contributed by atoms with van der Waals surface area (Å²) in [6, 6.07) is 6.01. The fraction of sp³-hybridized carbons (Fsp3) is 0.500. The molecule has 0 aliphatic carbocycles. The van der Waals surface area contributed by atoms with Crippen LogP contribution in [0.5, 0.6) is 0 Å². The van der Waals surface area contributed by atoms with E-state index in [4.69, 9.17) is 5.73 Å². The van der Waals surface area contributed by atoms with Gasteiger partial charge in [0.05, 0.1) is 0 Å². The van der Waals surface area contributed by atoms with E-state index in [9.17, 15) is 4.79 Å². The van der Waals surface area contributed by atoms with Crippen molar-refractivity contribution in [1.82, 2.24) is 0 Å². The van der Waals surface area contributed by atoms with Gasteiger partial charge in [0.2, 0.25) is 5.91 Å². The van der Waals surface area contributed by atoms with Crippen molar-refractivity contribution in [2.24, 2.45) is 5.41 Å². The molecule has 0 radical (unpaired) electrons. The molecule has 1 aromatic rings. The van der Waals surface area contributed by atoms with Crippen LogP contribution in [0.4, 0.5) is 11.4 Å². The van der Waals surface area contributed by atoms with Gasteiger partial charge in [-0.2, -0.15) is 0 Å². The fourth-order valence-electron chi connectivity index (χ4n) is 2.32. The second-order valence-electron chi connectivity index (χ2n) is 5.87. The van der Waals surface area contributed by atoms with E-state index in [1.807, 2.05) is 43.9 Å². The molecular weight excluding hydrogens is 212 g/mol. The molecule has 2 rings (SSSR count). The number of carbonyl (C=O) groups is 1. The molecule has 1 aliphatic rings. The topological polar surface area (TPSA) is 46.3 Å². The molecule has 3 nitrogen and oxygen atoms in total. The largest absolute Gasteiger partial charge is 0.399 e. The molecule has 1 amide bonds. The number of anilines is 2. The Morgan fingerprint density at radius 1 is 1.41 bits per heavy atom. The van der Waals surface area contributed by atoms with Crippen LogP contribution < -0.4 is 10.6 Å². The molecule has 2 N–H and O–H groups in total. The first-order valence-electron chi connectivity index (χ1n) is 6.03. The van der Waals surface area contributed by atoms with Crippen molar-refractivity contribution in [3.8, 4) is 0 Å². The molecule has 1 aromatic carbocycles. The predicted molar refractivity (Wildman–Crippen MR) is 71.0 cm³/mol. The van der Waals surface area contributed by atoms with Crippen LogP contribution in [0.25, 0.3) is 0 Å². The summed E-state index contributed by atoms with van der Waals surface area (Å²) < 4.78 is 0. The van der Waals surface area contributed by atoms with Gasteiger partial charge in [0.1, 0.15) is 0 Å². The van der Waals surface area contributed by atoms with Crippen molar-refractivity contribution >= 4 is 17.3 Å². The van der Waals surface area contributed by atoms with Gasteiger partial charge in [-0.1, -0.05) is 20.8 Å². The van der Waals surface area contributed by atoms with Gasteiger partial charge < -0.3 is 10.6 Å². The number of hydrogen-bond acceptors (Lipinski definition) is 2. The summed E-state index contributed by atoms with van der Waals surface area (Å²) in [5.41, 5.74) is 8.39. The maximum atomic E-state index is 12.4. The van der Waals surface area contributed by atoms with Gasteiger partial charge in [0.25, 0.3) is 0 Å². The minimum absolute atomic E-state index is 0.175. The van der Waals surface area contributed by atoms with Crippen molar-refractivity contribution in [3.05, 3.63) is 23.8 Å². The van der Waals surface area contributed by atoms with Crippen LogP contribution in [0.1, 0.15) is 33.3 Å². The number of hydrogen-bond donors (Lipinski definition) is 1. The van der Waals surface area contributed by atoms with Crippen LogP contribution >= 0.6 is 0 Å². The van der Waals surface area contributed by atoms with Crippen molar-refractivity contribution in [2.75, 3.05) is 10.6 Å². The third kappa shape index (κ3) is 2.02. The van der Waals surface area contributed by atoms with Gasteiger partial charge in [-0.05, 0) is 37.1 Å². The predicted octanol–water partition coefficient (Wildman–Crippen LogP) is 2.59. The third-order valence-electron chi connectivity index (χ3n) is 3.18. The summed E-state index contributed by atoms with van der Waals surface area (Å²) in [6.07, 6.45) is 0.891. The number of benzene rings is 1. The Hall–Kier alpha value is -1.51. The molecule has 1 unspecified atom stereocenters. The smallest absolute Gasteiger partial charge is 0.232 e. The molecule has 0 saturated carbocycles. The first kappa shape index (κ1) is 12.0. The summed E-state index contributed by atoms with van der Waals surface area (Å²) in [7, 11) is 0. The van der Waals surface area contributed by atoms with Gasteiger partial charge in [-0.25, -0.2) is 0 Å². The highest BCUT2D eigenvalue weighted by atomic mass is 16.2. The zero-order valence-corrected chi connectivity index (χ0v) is 10.9. The number of amides is 1. The monoisotopic (exact) mass is 232 g/mol. The second-order valence-corrected chi connectivity index (χ2v) is 5.87. The first-order chi connectivity index (χ1) is 7.80. The number of nitrogen functional groups attached to an aromatic ring is 1. The molecule has 0 aromatic heterocycles. The molecule has 0 spiro atoms. The molecular formula is C14H20N2O. The second kappa shape index (κ2) is 3.76. The lowest BCUT2D eigenvalue weighted by Gasteiger charge is -2.29. The van der Waals surface area contributed by atoms with Crippen LogP contribution in [0.2, 0.25) is 0 Å². The molecule has 3 heteroatoms. The average Bonchev–Trinajstić information content (AvgIpc) is 2.50. The van der Waals surface area contributed by atoms with Gasteiger partial charge in [-0.15, -0.1) is 0 Å². The summed E-state index contributed by atoms with van der Waals surface area (Å²) in [4.78, 5) is 14.3. The van der Waals surface area contributed by atoms with Gasteiger partial charge in [0.15, 0.2) is 0 Å². The summed E-state index contributed by atoms with van der Waals surface area (Å²) in [6.45, 7) is 7.95. The Labute approximate surface area is 103 Å². The number of carbonyl (C=O) groups excluding carboxylic acids is 1. The van der Waals surface area contributed by atoms with E-state index in [2.05, 4.69) is 6.92 Å². The molecule has 1 atom stereocenters. The van der Waals surface area contributed by atoms with Crippen molar-refractivity contribution in [3.63, 3.8) is 0 Å². The van der Waals surface area contributed by atoms with Gasteiger partial charge in [-0.3, -0.25) is 4.79 Å². The Morgan fingerprint density at radius 2 is 2.06 bits per heavy atom. The average molecular weight is 232 g/mol. The van der Waals surface area contributed by atoms with E-state index in [0.717, 1.165) is 17.8 Å². The number of fused-ring (bicyclic) bond motifs is 1. The normalized spacial score (nSPS) is 19.3. The molecule has 0 fully saturated rings. The first-order valence-corrected chi connectivity index (χ1v) is 6.03. The van der Waals surface area contributed by atoms with Gasteiger partial charge >= 0.3 is 0 Å². The Morgan fingerprint density at radius 3 is 2.65 bits per heavy atom. The lowest BCUT2D eigenvalue weighted by atomic mass is 9.94. The molecule has 1 aliphatic heterocycles. The fourth-order valence-corrected chi connectivity index (χ4v) is 2.32. The van der Waals surface area contributed by atoms with Crippen LogP contribution in [-0.4, -0.2) is 11.9 Å². The zero-order chi connectivity index (χ0) is 12.8. The highest BCUT2D eigenvalue weighted by Crippen LogP contribution is 2.36. The third-order valence-corrected chi connectivity index (χ3v) is 3.18. The Bertz CT molecular complexity index is 460. The maximum absolute atomic E-state index is 12.4. The maximum Gasteiger partial charge on any atom is 0.232 e. The quantitative estimate of drug-likeness (QED) is 0.699. The van der Waals surface area contributed by atoms with Crippen molar-refractivity contribution < 1.29 is 4.79 Å². The lowest BCUT2D eigenvalue weighted by Crippen LogP contribution is -2.42. The number of nitrogens with two attached hydrogens (primary N) is 1. The van der Waals surface area contributed by atoms with E-state index < -0.39 is 0 Å². The standard InChI is InChI=1S/C14H20N2O/c1-9-7-10-8-11(15)5-6-12(10)16(9)13(17)14(2,3)4/h5-6,8-9H,7,15H2,1-4H3. The van der Waals surface area contributed by atoms with Crippen molar-refractivity contribution in [2.45, 2.75) is 40.2 Å². The molecule has 1 heterocycles. The minimum Gasteiger partial charge on any atom is -0.399 e. The van der Waals surface area contributed by atoms with Crippen molar-refractivity contribution in [1.29, 1.82) is 0 Å². The SMILES string of the molecule is CC1Cc2cc(N)ccc2N1C(=O)C(C)(C)C. The van der Waals surface area contributed by atoms with E-state index in [1.165, 1.54) is 5.56 Å². The zero-order valence-electron chi connectivity index (χ0n) is 10.9. The van der Waals surface area contributed by atoms with Gasteiger partial charge in [0, 0.05) is 22.8 Å². The Balaban J connectivity index is 2.42. The highest BCUT2D eigenvalue weighted by Gasteiger charge is 2.36. The molecule has 17 heavy (non-hydrogen) atoms. The van der Waals surface area contributed by atoms with Crippen LogP contribution in [-0.2, 0) is 11.2 Å².